The highest BCUT2D eigenvalue weighted by molar-refractivity contribution is 5.83. The maximum absolute atomic E-state index is 12.7. The molecular formula is C21H23NO. The smallest absolute Gasteiger partial charge is 0.224 e. The van der Waals surface area contributed by atoms with Crippen molar-refractivity contribution in [3.63, 3.8) is 0 Å². The van der Waals surface area contributed by atoms with Crippen LogP contribution in [0.15, 0.2) is 60.7 Å². The monoisotopic (exact) mass is 305 g/mol. The second kappa shape index (κ2) is 5.84. The number of hydrogen-bond acceptors (Lipinski definition) is 1. The summed E-state index contributed by atoms with van der Waals surface area (Å²) in [6.45, 7) is 2.27. The van der Waals surface area contributed by atoms with Crippen LogP contribution in [0.25, 0.3) is 0 Å². The minimum absolute atomic E-state index is 0.151. The highest BCUT2D eigenvalue weighted by Crippen LogP contribution is 2.50. The molecule has 2 heteroatoms. The van der Waals surface area contributed by atoms with Crippen LogP contribution in [0.3, 0.4) is 0 Å². The Bertz CT molecular complexity index is 682. The standard InChI is InChI=1S/C21H23NO/c1-14-12-17(14)20(16-10-6-3-7-11-16)22-21(23)19-13-18(19)15-8-4-2-5-9-15/h2-11,14,17-20H,12-13H2,1H3,(H,22,23). The molecule has 0 radical (unpaired) electrons. The van der Waals surface area contributed by atoms with Gasteiger partial charge >= 0.3 is 0 Å². The summed E-state index contributed by atoms with van der Waals surface area (Å²) >= 11 is 0. The molecule has 4 rings (SSSR count). The third-order valence-corrected chi connectivity index (χ3v) is 5.41. The first-order chi connectivity index (χ1) is 11.2. The van der Waals surface area contributed by atoms with Crippen LogP contribution < -0.4 is 5.32 Å². The Labute approximate surface area is 137 Å². The number of carbonyl (C=O) groups is 1. The van der Waals surface area contributed by atoms with Crippen LogP contribution in [-0.2, 0) is 4.79 Å². The number of nitrogens with one attached hydrogen (secondary N) is 1. The molecule has 0 bridgehead atoms. The molecular weight excluding hydrogens is 282 g/mol. The van der Waals surface area contributed by atoms with Crippen molar-refractivity contribution >= 4 is 5.91 Å². The van der Waals surface area contributed by atoms with Gasteiger partial charge in [-0.1, -0.05) is 67.6 Å². The lowest BCUT2D eigenvalue weighted by Crippen LogP contribution is -2.31. The van der Waals surface area contributed by atoms with Gasteiger partial charge in [0.1, 0.15) is 0 Å². The molecule has 2 aromatic carbocycles. The highest BCUT2D eigenvalue weighted by Gasteiger charge is 2.47. The van der Waals surface area contributed by atoms with E-state index in [0.29, 0.717) is 17.8 Å². The SMILES string of the molecule is CC1CC1C(NC(=O)C1CC1c1ccccc1)c1ccccc1. The Balaban J connectivity index is 1.45. The maximum atomic E-state index is 12.7. The second-order valence-corrected chi connectivity index (χ2v) is 7.13. The summed E-state index contributed by atoms with van der Waals surface area (Å²) in [6, 6.07) is 21.0. The molecule has 2 aliphatic carbocycles. The van der Waals surface area contributed by atoms with Crippen LogP contribution in [0.2, 0.25) is 0 Å². The van der Waals surface area contributed by atoms with Crippen LogP contribution in [-0.4, -0.2) is 5.91 Å². The number of rotatable bonds is 5. The van der Waals surface area contributed by atoms with E-state index in [2.05, 4.69) is 60.8 Å². The fraction of sp³-hybridized carbons (Fsp3) is 0.381. The first-order valence-electron chi connectivity index (χ1n) is 8.64. The Hall–Kier alpha value is -2.09. The van der Waals surface area contributed by atoms with Gasteiger partial charge in [-0.2, -0.15) is 0 Å². The van der Waals surface area contributed by atoms with Gasteiger partial charge in [0, 0.05) is 5.92 Å². The average Bonchev–Trinajstić information content (AvgIpc) is 3.50. The molecule has 1 N–H and O–H groups in total. The molecule has 2 saturated carbocycles. The van der Waals surface area contributed by atoms with E-state index in [-0.39, 0.29) is 17.9 Å². The van der Waals surface area contributed by atoms with Crippen LogP contribution in [0.5, 0.6) is 0 Å². The van der Waals surface area contributed by atoms with E-state index in [1.165, 1.54) is 17.5 Å². The molecule has 0 spiro atoms. The zero-order valence-corrected chi connectivity index (χ0v) is 13.5. The summed E-state index contributed by atoms with van der Waals surface area (Å²) in [5, 5.41) is 3.35. The van der Waals surface area contributed by atoms with Gasteiger partial charge in [0.25, 0.3) is 0 Å². The van der Waals surface area contributed by atoms with Gasteiger partial charge in [-0.3, -0.25) is 4.79 Å². The number of carbonyl (C=O) groups excluding carboxylic acids is 1. The molecule has 0 saturated heterocycles. The molecule has 0 heterocycles. The van der Waals surface area contributed by atoms with Gasteiger partial charge in [0.2, 0.25) is 5.91 Å². The first-order valence-corrected chi connectivity index (χ1v) is 8.64. The Morgan fingerprint density at radius 3 is 2.22 bits per heavy atom. The predicted octanol–water partition coefficient (Wildman–Crippen LogP) is 4.30. The quantitative estimate of drug-likeness (QED) is 0.876. The first kappa shape index (κ1) is 14.5. The third-order valence-electron chi connectivity index (χ3n) is 5.41. The molecule has 0 aliphatic heterocycles. The lowest BCUT2D eigenvalue weighted by Gasteiger charge is -2.19. The van der Waals surface area contributed by atoms with E-state index < -0.39 is 0 Å². The van der Waals surface area contributed by atoms with Crippen molar-refractivity contribution in [2.45, 2.75) is 31.7 Å². The van der Waals surface area contributed by atoms with Crippen molar-refractivity contribution < 1.29 is 4.79 Å². The van der Waals surface area contributed by atoms with Crippen molar-refractivity contribution in [2.75, 3.05) is 0 Å². The summed E-state index contributed by atoms with van der Waals surface area (Å²) in [4.78, 5) is 12.7. The van der Waals surface area contributed by atoms with Gasteiger partial charge < -0.3 is 5.32 Å². The largest absolute Gasteiger partial charge is 0.349 e. The van der Waals surface area contributed by atoms with Gasteiger partial charge in [0.15, 0.2) is 0 Å². The van der Waals surface area contributed by atoms with Crippen molar-refractivity contribution in [3.8, 4) is 0 Å². The van der Waals surface area contributed by atoms with Crippen molar-refractivity contribution in [3.05, 3.63) is 71.8 Å². The molecule has 5 unspecified atom stereocenters. The topological polar surface area (TPSA) is 29.1 Å². The second-order valence-electron chi connectivity index (χ2n) is 7.13. The number of benzene rings is 2. The number of hydrogen-bond donors (Lipinski definition) is 1. The minimum atomic E-state index is 0.151. The maximum Gasteiger partial charge on any atom is 0.224 e. The van der Waals surface area contributed by atoms with Crippen LogP contribution in [0.4, 0.5) is 0 Å². The van der Waals surface area contributed by atoms with E-state index in [1.807, 2.05) is 12.1 Å². The summed E-state index contributed by atoms with van der Waals surface area (Å²) in [5.74, 6) is 2.09. The van der Waals surface area contributed by atoms with Crippen LogP contribution in [0, 0.1) is 17.8 Å². The van der Waals surface area contributed by atoms with Crippen molar-refractivity contribution in [2.24, 2.45) is 17.8 Å². The van der Waals surface area contributed by atoms with E-state index >= 15 is 0 Å². The predicted molar refractivity (Wildman–Crippen MR) is 91.9 cm³/mol. The zero-order valence-electron chi connectivity index (χ0n) is 13.5. The van der Waals surface area contributed by atoms with Gasteiger partial charge in [-0.05, 0) is 41.7 Å². The number of amides is 1. The fourth-order valence-corrected chi connectivity index (χ4v) is 3.73. The molecule has 1 amide bonds. The van der Waals surface area contributed by atoms with E-state index in [4.69, 9.17) is 0 Å². The summed E-state index contributed by atoms with van der Waals surface area (Å²) in [5.41, 5.74) is 2.54. The Morgan fingerprint density at radius 2 is 1.61 bits per heavy atom. The Kier molecular flexibility index (Phi) is 3.68. The van der Waals surface area contributed by atoms with Crippen molar-refractivity contribution in [1.82, 2.24) is 5.32 Å². The fourth-order valence-electron chi connectivity index (χ4n) is 3.73. The third kappa shape index (κ3) is 3.03. The molecule has 23 heavy (non-hydrogen) atoms. The lowest BCUT2D eigenvalue weighted by molar-refractivity contribution is -0.123. The summed E-state index contributed by atoms with van der Waals surface area (Å²) in [7, 11) is 0. The zero-order chi connectivity index (χ0) is 15.8. The summed E-state index contributed by atoms with van der Waals surface area (Å²) in [6.07, 6.45) is 2.20. The molecule has 118 valence electrons. The van der Waals surface area contributed by atoms with Gasteiger partial charge in [-0.25, -0.2) is 0 Å². The van der Waals surface area contributed by atoms with E-state index in [1.54, 1.807) is 0 Å². The molecule has 2 aliphatic rings. The molecule has 0 aromatic heterocycles. The molecule has 5 atom stereocenters. The molecule has 2 aromatic rings. The van der Waals surface area contributed by atoms with E-state index in [9.17, 15) is 4.79 Å². The van der Waals surface area contributed by atoms with Crippen LogP contribution in [0.1, 0.15) is 42.9 Å². The lowest BCUT2D eigenvalue weighted by atomic mass is 10.0. The van der Waals surface area contributed by atoms with Crippen molar-refractivity contribution in [1.29, 1.82) is 0 Å². The van der Waals surface area contributed by atoms with Gasteiger partial charge in [0.05, 0.1) is 6.04 Å². The molecule has 2 nitrogen and oxygen atoms in total. The summed E-state index contributed by atoms with van der Waals surface area (Å²) < 4.78 is 0. The molecule has 2 fully saturated rings. The Morgan fingerprint density at radius 1 is 1.00 bits per heavy atom. The highest BCUT2D eigenvalue weighted by atomic mass is 16.2. The normalized spacial score (nSPS) is 29.6. The average molecular weight is 305 g/mol. The van der Waals surface area contributed by atoms with E-state index in [0.717, 1.165) is 6.42 Å². The van der Waals surface area contributed by atoms with Gasteiger partial charge in [-0.15, -0.1) is 0 Å². The van der Waals surface area contributed by atoms with Crippen LogP contribution >= 0.6 is 0 Å². The minimum Gasteiger partial charge on any atom is -0.349 e.